The van der Waals surface area contributed by atoms with Crippen LogP contribution in [0, 0.1) is 0 Å². The molecule has 1 heterocycles. The van der Waals surface area contributed by atoms with Gasteiger partial charge in [-0.25, -0.2) is 0 Å². The van der Waals surface area contributed by atoms with Crippen LogP contribution in [0.2, 0.25) is 0 Å². The van der Waals surface area contributed by atoms with Gasteiger partial charge in [0.2, 0.25) is 0 Å². The molecule has 1 spiro atoms. The molecule has 1 aliphatic carbocycles. The summed E-state index contributed by atoms with van der Waals surface area (Å²) in [6.45, 7) is 9.57. The summed E-state index contributed by atoms with van der Waals surface area (Å²) >= 11 is 0. The van der Waals surface area contributed by atoms with Gasteiger partial charge in [0.1, 0.15) is 11.7 Å². The van der Waals surface area contributed by atoms with Gasteiger partial charge in [0.15, 0.2) is 5.79 Å². The van der Waals surface area contributed by atoms with E-state index in [0.717, 1.165) is 18.4 Å². The quantitative estimate of drug-likeness (QED) is 0.601. The molecule has 2 fully saturated rings. The van der Waals surface area contributed by atoms with E-state index >= 15 is 0 Å². The van der Waals surface area contributed by atoms with Gasteiger partial charge in [0.05, 0.1) is 6.10 Å². The topological polar surface area (TPSA) is 38.7 Å². The summed E-state index contributed by atoms with van der Waals surface area (Å²) in [5.41, 5.74) is 0.304. The highest BCUT2D eigenvalue weighted by molar-refractivity contribution is 5.21. The fourth-order valence-corrected chi connectivity index (χ4v) is 2.60. The van der Waals surface area contributed by atoms with Gasteiger partial charge in [-0.05, 0) is 39.2 Å². The lowest BCUT2D eigenvalue weighted by Gasteiger charge is -2.30. The molecule has 1 saturated carbocycles. The highest BCUT2D eigenvalue weighted by atomic mass is 16.8. The second-order valence-electron chi connectivity index (χ2n) is 4.78. The van der Waals surface area contributed by atoms with Gasteiger partial charge in [0.25, 0.3) is 0 Å². The molecule has 2 rings (SSSR count). The lowest BCUT2D eigenvalue weighted by molar-refractivity contribution is -0.175. The van der Waals surface area contributed by atoms with Crippen LogP contribution in [0.25, 0.3) is 0 Å². The molecular formula is C11H18O3. The molecule has 0 aromatic carbocycles. The number of aliphatic hydroxyl groups excluding tert-OH is 1. The van der Waals surface area contributed by atoms with Gasteiger partial charge in [-0.2, -0.15) is 0 Å². The molecule has 0 aromatic heterocycles. The highest BCUT2D eigenvalue weighted by Crippen LogP contribution is 2.48. The molecule has 14 heavy (non-hydrogen) atoms. The van der Waals surface area contributed by atoms with E-state index in [0.29, 0.717) is 0 Å². The van der Waals surface area contributed by atoms with Gasteiger partial charge in [0, 0.05) is 0 Å². The van der Waals surface area contributed by atoms with E-state index in [1.54, 1.807) is 0 Å². The summed E-state index contributed by atoms with van der Waals surface area (Å²) in [5, 5.41) is 10.0. The van der Waals surface area contributed by atoms with Crippen molar-refractivity contribution in [2.75, 3.05) is 0 Å². The maximum Gasteiger partial charge on any atom is 0.164 e. The molecule has 0 unspecified atom stereocenters. The van der Waals surface area contributed by atoms with Crippen LogP contribution < -0.4 is 0 Å². The van der Waals surface area contributed by atoms with Crippen LogP contribution in [0.5, 0.6) is 0 Å². The lowest BCUT2D eigenvalue weighted by atomic mass is 9.93. The number of aliphatic hydroxyl groups is 1. The summed E-state index contributed by atoms with van der Waals surface area (Å²) in [6, 6.07) is 0. The molecule has 0 bridgehead atoms. The Kier molecular flexibility index (Phi) is 2.04. The van der Waals surface area contributed by atoms with Crippen molar-refractivity contribution in [3.63, 3.8) is 0 Å². The highest BCUT2D eigenvalue weighted by Gasteiger charge is 2.58. The van der Waals surface area contributed by atoms with Crippen molar-refractivity contribution in [2.45, 2.75) is 57.2 Å². The van der Waals surface area contributed by atoms with E-state index in [1.807, 2.05) is 20.8 Å². The van der Waals surface area contributed by atoms with Gasteiger partial charge in [-0.1, -0.05) is 6.58 Å². The largest absolute Gasteiger partial charge is 0.386 e. The van der Waals surface area contributed by atoms with Gasteiger partial charge >= 0.3 is 0 Å². The zero-order valence-corrected chi connectivity index (χ0v) is 9.04. The van der Waals surface area contributed by atoms with Crippen LogP contribution in [-0.2, 0) is 9.47 Å². The Hall–Kier alpha value is -0.380. The van der Waals surface area contributed by atoms with Crippen LogP contribution >= 0.6 is 0 Å². The summed E-state index contributed by atoms with van der Waals surface area (Å²) in [4.78, 5) is 0. The van der Waals surface area contributed by atoms with E-state index in [1.165, 1.54) is 0 Å². The smallest absolute Gasteiger partial charge is 0.164 e. The number of hydrogen-bond acceptors (Lipinski definition) is 3. The first-order valence-corrected chi connectivity index (χ1v) is 5.11. The van der Waals surface area contributed by atoms with E-state index in [-0.39, 0.29) is 6.10 Å². The Morgan fingerprint density at radius 1 is 1.50 bits per heavy atom. The molecule has 3 heteroatoms. The first kappa shape index (κ1) is 10.1. The molecule has 0 amide bonds. The Morgan fingerprint density at radius 2 is 2.14 bits per heavy atom. The zero-order chi connectivity index (χ0) is 10.6. The van der Waals surface area contributed by atoms with Crippen molar-refractivity contribution in [1.82, 2.24) is 0 Å². The SMILES string of the molecule is C=C1CC[C@]2(OC(C)(C)O[C@@H]2C)[C@H]1O. The van der Waals surface area contributed by atoms with E-state index in [9.17, 15) is 5.11 Å². The standard InChI is InChI=1S/C11H18O3/c1-7-5-6-11(9(7)12)8(2)13-10(3,4)14-11/h8-9,12H,1,5-6H2,2-4H3/t8-,9+,11-/m1/s1. The average Bonchev–Trinajstić information content (AvgIpc) is 2.45. The summed E-state index contributed by atoms with van der Waals surface area (Å²) in [6.07, 6.45) is 0.966. The summed E-state index contributed by atoms with van der Waals surface area (Å²) in [7, 11) is 0. The molecule has 0 aromatic rings. The molecular weight excluding hydrogens is 180 g/mol. The van der Waals surface area contributed by atoms with Crippen LogP contribution in [0.1, 0.15) is 33.6 Å². The van der Waals surface area contributed by atoms with Crippen LogP contribution in [0.4, 0.5) is 0 Å². The first-order chi connectivity index (χ1) is 6.37. The van der Waals surface area contributed by atoms with Crippen molar-refractivity contribution >= 4 is 0 Å². The second-order valence-corrected chi connectivity index (χ2v) is 4.78. The Bertz CT molecular complexity index is 272. The summed E-state index contributed by atoms with van der Waals surface area (Å²) in [5.74, 6) is -0.592. The van der Waals surface area contributed by atoms with Crippen LogP contribution in [0.3, 0.4) is 0 Å². The van der Waals surface area contributed by atoms with Gasteiger partial charge < -0.3 is 14.6 Å². The normalized spacial score (nSPS) is 46.4. The molecule has 3 nitrogen and oxygen atoms in total. The molecule has 1 aliphatic heterocycles. The van der Waals surface area contributed by atoms with Crippen molar-refractivity contribution < 1.29 is 14.6 Å². The van der Waals surface area contributed by atoms with Gasteiger partial charge in [-0.3, -0.25) is 0 Å². The molecule has 80 valence electrons. The zero-order valence-electron chi connectivity index (χ0n) is 9.04. The number of rotatable bonds is 0. The van der Waals surface area contributed by atoms with Gasteiger partial charge in [-0.15, -0.1) is 0 Å². The fourth-order valence-electron chi connectivity index (χ4n) is 2.60. The maximum absolute atomic E-state index is 10.0. The predicted molar refractivity (Wildman–Crippen MR) is 52.8 cm³/mol. The molecule has 2 aliphatic rings. The molecule has 1 saturated heterocycles. The number of hydrogen-bond donors (Lipinski definition) is 1. The van der Waals surface area contributed by atoms with E-state index < -0.39 is 17.5 Å². The Morgan fingerprint density at radius 3 is 2.50 bits per heavy atom. The van der Waals surface area contributed by atoms with Crippen molar-refractivity contribution in [1.29, 1.82) is 0 Å². The minimum Gasteiger partial charge on any atom is -0.386 e. The molecule has 0 radical (unpaired) electrons. The fraction of sp³-hybridized carbons (Fsp3) is 0.818. The van der Waals surface area contributed by atoms with E-state index in [2.05, 4.69) is 6.58 Å². The third-order valence-electron chi connectivity index (χ3n) is 3.27. The predicted octanol–water partition coefficient (Wildman–Crippen LogP) is 1.61. The van der Waals surface area contributed by atoms with Crippen molar-refractivity contribution in [3.05, 3.63) is 12.2 Å². The third-order valence-corrected chi connectivity index (χ3v) is 3.27. The minimum absolute atomic E-state index is 0.0771. The molecule has 3 atom stereocenters. The summed E-state index contributed by atoms with van der Waals surface area (Å²) < 4.78 is 11.5. The van der Waals surface area contributed by atoms with E-state index in [4.69, 9.17) is 9.47 Å². The van der Waals surface area contributed by atoms with Crippen LogP contribution in [0.15, 0.2) is 12.2 Å². The maximum atomic E-state index is 10.0. The van der Waals surface area contributed by atoms with Crippen LogP contribution in [-0.4, -0.2) is 28.7 Å². The number of ether oxygens (including phenoxy) is 2. The minimum atomic E-state index is -0.592. The third kappa shape index (κ3) is 1.23. The Labute approximate surface area is 84.7 Å². The molecule has 1 N–H and O–H groups in total. The monoisotopic (exact) mass is 198 g/mol. The van der Waals surface area contributed by atoms with Crippen molar-refractivity contribution in [3.8, 4) is 0 Å². The van der Waals surface area contributed by atoms with Crippen molar-refractivity contribution in [2.24, 2.45) is 0 Å². The first-order valence-electron chi connectivity index (χ1n) is 5.11. The average molecular weight is 198 g/mol. The lowest BCUT2D eigenvalue weighted by Crippen LogP contribution is -2.46. The second kappa shape index (κ2) is 2.81. The Balaban J connectivity index is 2.29.